The number of hydrogen-bond acceptors (Lipinski definition) is 4. The van der Waals surface area contributed by atoms with Gasteiger partial charge in [0, 0.05) is 30.6 Å². The summed E-state index contributed by atoms with van der Waals surface area (Å²) in [6.45, 7) is 0.951. The Balaban J connectivity index is 1.15. The van der Waals surface area contributed by atoms with Crippen LogP contribution >= 0.6 is 11.3 Å². The highest BCUT2D eigenvalue weighted by molar-refractivity contribution is 7.08. The van der Waals surface area contributed by atoms with E-state index in [0.717, 1.165) is 28.8 Å². The minimum atomic E-state index is -0.615. The van der Waals surface area contributed by atoms with Crippen LogP contribution in [-0.2, 0) is 4.79 Å². The average Bonchev–Trinajstić information content (AvgIpc) is 3.36. The van der Waals surface area contributed by atoms with Gasteiger partial charge in [-0.2, -0.15) is 11.3 Å². The van der Waals surface area contributed by atoms with Crippen molar-refractivity contribution in [2.45, 2.75) is 24.4 Å². The van der Waals surface area contributed by atoms with E-state index in [9.17, 15) is 14.4 Å². The summed E-state index contributed by atoms with van der Waals surface area (Å²) in [4.78, 5) is 44.1. The van der Waals surface area contributed by atoms with E-state index in [-0.39, 0.29) is 36.5 Å². The largest absolute Gasteiger partial charge is 0.327 e. The molecule has 3 aromatic rings. The smallest absolute Gasteiger partial charge is 0.320 e. The second kappa shape index (κ2) is 8.29. The number of amides is 5. The zero-order chi connectivity index (χ0) is 23.2. The summed E-state index contributed by atoms with van der Waals surface area (Å²) < 4.78 is 0. The number of nitrogens with zero attached hydrogens (tertiary/aromatic N) is 3. The van der Waals surface area contributed by atoms with Gasteiger partial charge in [0.15, 0.2) is 0 Å². The zero-order valence-corrected chi connectivity index (χ0v) is 19.3. The molecular weight excluding hydrogens is 448 g/mol. The molecule has 0 spiro atoms. The van der Waals surface area contributed by atoms with Crippen LogP contribution in [0, 0.1) is 0 Å². The molecule has 0 bridgehead atoms. The number of hydrogen-bond donors (Lipinski definition) is 1. The van der Waals surface area contributed by atoms with Crippen LogP contribution in [0.3, 0.4) is 0 Å². The van der Waals surface area contributed by atoms with Crippen molar-refractivity contribution in [3.05, 3.63) is 77.0 Å². The molecule has 0 radical (unpaired) electrons. The maximum absolute atomic E-state index is 13.3. The molecule has 2 aromatic carbocycles. The maximum atomic E-state index is 13.3. The van der Waals surface area contributed by atoms with Gasteiger partial charge in [0.1, 0.15) is 6.04 Å². The molecule has 1 unspecified atom stereocenters. The van der Waals surface area contributed by atoms with Crippen molar-refractivity contribution in [2.24, 2.45) is 0 Å². The fourth-order valence-corrected chi connectivity index (χ4v) is 5.74. The maximum Gasteiger partial charge on any atom is 0.327 e. The molecule has 3 heterocycles. The Bertz CT molecular complexity index is 1250. The molecule has 1 aromatic heterocycles. The Morgan fingerprint density at radius 3 is 2.56 bits per heavy atom. The van der Waals surface area contributed by atoms with E-state index in [1.54, 1.807) is 21.1 Å². The van der Waals surface area contributed by atoms with Crippen LogP contribution in [0.2, 0.25) is 0 Å². The quantitative estimate of drug-likeness (QED) is 0.570. The molecule has 1 saturated carbocycles. The van der Waals surface area contributed by atoms with E-state index in [1.807, 2.05) is 71.4 Å². The topological polar surface area (TPSA) is 73.0 Å². The summed E-state index contributed by atoms with van der Waals surface area (Å²) in [5.41, 5.74) is 3.89. The molecule has 1 N–H and O–H groups in total. The highest BCUT2D eigenvalue weighted by Gasteiger charge is 2.56. The minimum absolute atomic E-state index is 0.0900. The number of fused-ring (bicyclic) bond motifs is 1. The van der Waals surface area contributed by atoms with Crippen LogP contribution in [0.5, 0.6) is 0 Å². The molecule has 6 rings (SSSR count). The highest BCUT2D eigenvalue weighted by atomic mass is 32.1. The third-order valence-electron chi connectivity index (χ3n) is 6.96. The summed E-state index contributed by atoms with van der Waals surface area (Å²) in [5.74, 6) is 0.00747. The fraction of sp³-hybridized carbons (Fsp3) is 0.269. The van der Waals surface area contributed by atoms with Crippen molar-refractivity contribution >= 4 is 35.0 Å². The predicted molar refractivity (Wildman–Crippen MR) is 131 cm³/mol. The number of thiophene rings is 1. The predicted octanol–water partition coefficient (Wildman–Crippen LogP) is 4.45. The summed E-state index contributed by atoms with van der Waals surface area (Å²) in [5, 5.41) is 7.06. The molecule has 1 aliphatic carbocycles. The Hall–Kier alpha value is -3.65. The summed E-state index contributed by atoms with van der Waals surface area (Å²) in [6.07, 6.45) is 0.797. The van der Waals surface area contributed by atoms with E-state index >= 15 is 0 Å². The van der Waals surface area contributed by atoms with Crippen LogP contribution in [0.1, 0.15) is 17.9 Å². The Morgan fingerprint density at radius 1 is 0.971 bits per heavy atom. The van der Waals surface area contributed by atoms with E-state index in [4.69, 9.17) is 0 Å². The van der Waals surface area contributed by atoms with Gasteiger partial charge in [-0.1, -0.05) is 48.5 Å². The van der Waals surface area contributed by atoms with E-state index < -0.39 is 6.04 Å². The van der Waals surface area contributed by atoms with Crippen molar-refractivity contribution < 1.29 is 14.4 Å². The van der Waals surface area contributed by atoms with Crippen molar-refractivity contribution in [1.82, 2.24) is 14.7 Å². The minimum Gasteiger partial charge on any atom is -0.320 e. The van der Waals surface area contributed by atoms with Crippen LogP contribution in [0.4, 0.5) is 15.3 Å². The number of carbonyl (C=O) groups is 3. The summed E-state index contributed by atoms with van der Waals surface area (Å²) in [7, 11) is 0. The number of urea groups is 2. The lowest BCUT2D eigenvalue weighted by Crippen LogP contribution is -2.55. The summed E-state index contributed by atoms with van der Waals surface area (Å²) >= 11 is 1.60. The first-order chi connectivity index (χ1) is 16.6. The average molecular weight is 473 g/mol. The third-order valence-corrected chi connectivity index (χ3v) is 7.64. The van der Waals surface area contributed by atoms with Gasteiger partial charge in [-0.15, -0.1) is 0 Å². The number of rotatable bonds is 4. The van der Waals surface area contributed by atoms with E-state index in [0.29, 0.717) is 13.1 Å². The Morgan fingerprint density at radius 2 is 1.76 bits per heavy atom. The number of imide groups is 1. The molecule has 7 nitrogen and oxygen atoms in total. The van der Waals surface area contributed by atoms with Crippen LogP contribution in [0.15, 0.2) is 71.4 Å². The van der Waals surface area contributed by atoms with E-state index in [1.165, 1.54) is 4.90 Å². The molecule has 2 aliphatic heterocycles. The van der Waals surface area contributed by atoms with Crippen LogP contribution < -0.4 is 5.32 Å². The second-order valence-corrected chi connectivity index (χ2v) is 9.73. The van der Waals surface area contributed by atoms with Crippen molar-refractivity contribution in [3.8, 4) is 11.1 Å². The molecule has 3 atom stereocenters. The summed E-state index contributed by atoms with van der Waals surface area (Å²) in [6, 6.07) is 18.5. The standard InChI is InChI=1S/C26H24N4O3S/c31-24-23-15-28(25(32)27-21-9-5-4-8-19(21)18-10-13-34-16-18)11-12-29(23)26(33)30(24)22-14-20(22)17-6-2-1-3-7-17/h1-10,13,16,20,22-23H,11-12,14-15H2,(H,27,32)/t20-,22+,23?/m1/s1. The normalized spacial score (nSPS) is 23.8. The SMILES string of the molecule is O=C(Nc1ccccc1-c1ccsc1)N1CCN2C(=O)N([C@H]3C[C@@H]3c3ccccc3)C(=O)C2C1. The molecule has 5 amide bonds. The monoisotopic (exact) mass is 472 g/mol. The van der Waals surface area contributed by atoms with Gasteiger partial charge in [-0.3, -0.25) is 9.69 Å². The first-order valence-corrected chi connectivity index (χ1v) is 12.4. The lowest BCUT2D eigenvalue weighted by atomic mass is 10.1. The van der Waals surface area contributed by atoms with Gasteiger partial charge in [0.05, 0.1) is 12.2 Å². The van der Waals surface area contributed by atoms with Crippen molar-refractivity contribution in [3.63, 3.8) is 0 Å². The van der Waals surface area contributed by atoms with Gasteiger partial charge in [0.2, 0.25) is 0 Å². The molecule has 3 aliphatic rings. The molecule has 8 heteroatoms. The fourth-order valence-electron chi connectivity index (χ4n) is 5.09. The van der Waals surface area contributed by atoms with Gasteiger partial charge in [-0.05, 0) is 40.4 Å². The molecule has 2 saturated heterocycles. The molecule has 172 valence electrons. The Labute approximate surface area is 201 Å². The third kappa shape index (κ3) is 3.54. The van der Waals surface area contributed by atoms with Gasteiger partial charge in [-0.25, -0.2) is 9.59 Å². The Kier molecular flexibility index (Phi) is 5.10. The van der Waals surface area contributed by atoms with Gasteiger partial charge in [0.25, 0.3) is 5.91 Å². The zero-order valence-electron chi connectivity index (χ0n) is 18.5. The molecule has 3 fully saturated rings. The number of piperazine rings is 1. The first-order valence-electron chi connectivity index (χ1n) is 11.5. The first kappa shape index (κ1) is 20.9. The highest BCUT2D eigenvalue weighted by Crippen LogP contribution is 2.46. The number of benzene rings is 2. The van der Waals surface area contributed by atoms with Crippen molar-refractivity contribution in [1.29, 1.82) is 0 Å². The number of anilines is 1. The van der Waals surface area contributed by atoms with E-state index in [2.05, 4.69) is 5.32 Å². The van der Waals surface area contributed by atoms with Crippen LogP contribution in [-0.4, -0.2) is 64.4 Å². The van der Waals surface area contributed by atoms with Gasteiger partial charge < -0.3 is 15.1 Å². The van der Waals surface area contributed by atoms with Gasteiger partial charge >= 0.3 is 12.1 Å². The number of nitrogens with one attached hydrogen (secondary N) is 1. The lowest BCUT2D eigenvalue weighted by Gasteiger charge is -2.35. The number of carbonyl (C=O) groups excluding carboxylic acids is 3. The molecular formula is C26H24N4O3S. The van der Waals surface area contributed by atoms with Crippen LogP contribution in [0.25, 0.3) is 11.1 Å². The molecule has 34 heavy (non-hydrogen) atoms. The van der Waals surface area contributed by atoms with Crippen molar-refractivity contribution in [2.75, 3.05) is 25.0 Å². The second-order valence-electron chi connectivity index (χ2n) is 8.95. The lowest BCUT2D eigenvalue weighted by molar-refractivity contribution is -0.129. The number of para-hydroxylation sites is 1.